The van der Waals surface area contributed by atoms with Crippen molar-refractivity contribution in [2.75, 3.05) is 35.8 Å². The van der Waals surface area contributed by atoms with Crippen LogP contribution in [0.2, 0.25) is 0 Å². The Balaban J connectivity index is 2.39. The van der Waals surface area contributed by atoms with Crippen molar-refractivity contribution in [3.05, 3.63) is 23.9 Å². The minimum Gasteiger partial charge on any atom is -0.338 e. The van der Waals surface area contributed by atoms with Crippen LogP contribution in [0.4, 0.5) is 5.82 Å². The van der Waals surface area contributed by atoms with E-state index in [-0.39, 0.29) is 6.04 Å². The molecule has 1 aliphatic rings. The van der Waals surface area contributed by atoms with Crippen LogP contribution in [-0.2, 0) is 9.84 Å². The predicted molar refractivity (Wildman–Crippen MR) is 89.6 cm³/mol. The molecule has 0 amide bonds. The van der Waals surface area contributed by atoms with E-state index in [9.17, 15) is 8.42 Å². The number of aromatic nitrogens is 1. The van der Waals surface area contributed by atoms with Crippen molar-refractivity contribution in [2.45, 2.75) is 25.3 Å². The fourth-order valence-electron chi connectivity index (χ4n) is 2.58. The Morgan fingerprint density at radius 2 is 2.33 bits per heavy atom. The van der Waals surface area contributed by atoms with Crippen molar-refractivity contribution in [1.29, 1.82) is 0 Å². The number of nitrogens with one attached hydrogen (secondary N) is 1. The molecular formula is C14H23N3O2S2. The third kappa shape index (κ3) is 3.90. The summed E-state index contributed by atoms with van der Waals surface area (Å²) in [5.41, 5.74) is 1.06. The average Bonchev–Trinajstić information content (AvgIpc) is 2.46. The van der Waals surface area contributed by atoms with E-state index in [1.54, 1.807) is 18.0 Å². The highest BCUT2D eigenvalue weighted by molar-refractivity contribution is 8.01. The highest BCUT2D eigenvalue weighted by Gasteiger charge is 2.33. The molecule has 0 bridgehead atoms. The van der Waals surface area contributed by atoms with Crippen molar-refractivity contribution < 1.29 is 8.42 Å². The second kappa shape index (κ2) is 6.98. The lowest BCUT2D eigenvalue weighted by atomic mass is 10.1. The first-order valence-corrected chi connectivity index (χ1v) is 10.3. The second-order valence-electron chi connectivity index (χ2n) is 5.25. The van der Waals surface area contributed by atoms with Gasteiger partial charge >= 0.3 is 0 Å². The number of rotatable bonds is 5. The van der Waals surface area contributed by atoms with E-state index in [0.717, 1.165) is 23.7 Å². The van der Waals surface area contributed by atoms with Crippen molar-refractivity contribution in [1.82, 2.24) is 10.3 Å². The summed E-state index contributed by atoms with van der Waals surface area (Å²) in [6.45, 7) is 5.72. The van der Waals surface area contributed by atoms with E-state index in [0.29, 0.717) is 12.3 Å². The quantitative estimate of drug-likeness (QED) is 0.887. The van der Waals surface area contributed by atoms with E-state index >= 15 is 0 Å². The first kappa shape index (κ1) is 16.6. The summed E-state index contributed by atoms with van der Waals surface area (Å²) < 4.78 is 24.2. The highest BCUT2D eigenvalue weighted by atomic mass is 32.2. The van der Waals surface area contributed by atoms with Crippen LogP contribution in [0.5, 0.6) is 0 Å². The summed E-state index contributed by atoms with van der Waals surface area (Å²) >= 11 is 1.69. The molecule has 0 spiro atoms. The van der Waals surface area contributed by atoms with Gasteiger partial charge in [0.25, 0.3) is 0 Å². The molecule has 0 saturated carbocycles. The van der Waals surface area contributed by atoms with Crippen LogP contribution in [0.15, 0.2) is 18.3 Å². The van der Waals surface area contributed by atoms with Crippen LogP contribution in [0, 0.1) is 0 Å². The van der Waals surface area contributed by atoms with E-state index in [1.807, 2.05) is 17.0 Å². The van der Waals surface area contributed by atoms with E-state index < -0.39 is 15.2 Å². The summed E-state index contributed by atoms with van der Waals surface area (Å²) in [7, 11) is -3.13. The van der Waals surface area contributed by atoms with Gasteiger partial charge in [-0.25, -0.2) is 13.4 Å². The largest absolute Gasteiger partial charge is 0.338 e. The summed E-state index contributed by atoms with van der Waals surface area (Å²) in [6, 6.07) is 4.07. The normalized spacial score (nSPS) is 21.3. The molecule has 5 nitrogen and oxygen atoms in total. The van der Waals surface area contributed by atoms with Gasteiger partial charge in [-0.3, -0.25) is 0 Å². The predicted octanol–water partition coefficient (Wildman–Crippen LogP) is 1.68. The number of hydrogen-bond donors (Lipinski definition) is 1. The molecule has 2 unspecified atom stereocenters. The molecule has 0 radical (unpaired) electrons. The molecule has 7 heteroatoms. The maximum absolute atomic E-state index is 12.1. The smallest absolute Gasteiger partial charge is 0.169 e. The molecule has 0 aromatic carbocycles. The van der Waals surface area contributed by atoms with Gasteiger partial charge in [0.1, 0.15) is 11.2 Å². The lowest BCUT2D eigenvalue weighted by Crippen LogP contribution is -2.48. The van der Waals surface area contributed by atoms with Gasteiger partial charge in [0, 0.05) is 42.1 Å². The maximum Gasteiger partial charge on any atom is 0.169 e. The van der Waals surface area contributed by atoms with Gasteiger partial charge < -0.3 is 10.2 Å². The number of anilines is 1. The zero-order valence-corrected chi connectivity index (χ0v) is 14.4. The van der Waals surface area contributed by atoms with Crippen LogP contribution >= 0.6 is 11.8 Å². The van der Waals surface area contributed by atoms with Crippen LogP contribution in [-0.4, -0.2) is 49.6 Å². The van der Waals surface area contributed by atoms with Gasteiger partial charge in [-0.05, 0) is 19.5 Å². The zero-order chi connectivity index (χ0) is 15.5. The third-order valence-electron chi connectivity index (χ3n) is 3.64. The number of sulfone groups is 1. The number of hydrogen-bond acceptors (Lipinski definition) is 6. The molecule has 118 valence electrons. The van der Waals surface area contributed by atoms with Gasteiger partial charge in [-0.15, -0.1) is 0 Å². The molecule has 1 saturated heterocycles. The van der Waals surface area contributed by atoms with Crippen molar-refractivity contribution in [3.8, 4) is 0 Å². The molecule has 1 aromatic rings. The van der Waals surface area contributed by atoms with Crippen molar-refractivity contribution in [3.63, 3.8) is 0 Å². The zero-order valence-electron chi connectivity index (χ0n) is 12.7. The maximum atomic E-state index is 12.1. The fraction of sp³-hybridized carbons (Fsp3) is 0.643. The first-order valence-electron chi connectivity index (χ1n) is 7.16. The fourth-order valence-corrected chi connectivity index (χ4v) is 5.40. The molecule has 2 heterocycles. The molecule has 1 fully saturated rings. The topological polar surface area (TPSA) is 62.3 Å². The SMILES string of the molecule is CCNC(C)c1cccnc1N1CCSCC1S(C)(=O)=O. The van der Waals surface area contributed by atoms with Gasteiger partial charge in [0.15, 0.2) is 9.84 Å². The minimum atomic E-state index is -3.13. The van der Waals surface area contributed by atoms with Crippen LogP contribution < -0.4 is 10.2 Å². The Bertz CT molecular complexity index is 577. The molecule has 1 N–H and O–H groups in total. The molecule has 0 aliphatic carbocycles. The lowest BCUT2D eigenvalue weighted by Gasteiger charge is -2.36. The molecule has 2 atom stereocenters. The van der Waals surface area contributed by atoms with Crippen LogP contribution in [0.3, 0.4) is 0 Å². The van der Waals surface area contributed by atoms with Gasteiger partial charge in [0.2, 0.25) is 0 Å². The average molecular weight is 329 g/mol. The van der Waals surface area contributed by atoms with Crippen LogP contribution in [0.1, 0.15) is 25.5 Å². The number of nitrogens with zero attached hydrogens (tertiary/aromatic N) is 2. The molecular weight excluding hydrogens is 306 g/mol. The van der Waals surface area contributed by atoms with Gasteiger partial charge in [0.05, 0.1) is 0 Å². The van der Waals surface area contributed by atoms with E-state index in [1.165, 1.54) is 6.26 Å². The Kier molecular flexibility index (Phi) is 5.51. The Hall–Kier alpha value is -0.790. The summed E-state index contributed by atoms with van der Waals surface area (Å²) in [4.78, 5) is 6.44. The summed E-state index contributed by atoms with van der Waals surface area (Å²) in [5.74, 6) is 2.32. The van der Waals surface area contributed by atoms with E-state index in [4.69, 9.17) is 0 Å². The Labute approximate surface area is 131 Å². The first-order chi connectivity index (χ1) is 9.95. The Morgan fingerprint density at radius 3 is 3.00 bits per heavy atom. The second-order valence-corrected chi connectivity index (χ2v) is 8.60. The van der Waals surface area contributed by atoms with Gasteiger partial charge in [-0.1, -0.05) is 13.0 Å². The van der Waals surface area contributed by atoms with Crippen molar-refractivity contribution >= 4 is 27.4 Å². The molecule has 2 rings (SSSR count). The molecule has 1 aromatic heterocycles. The minimum absolute atomic E-state index is 0.147. The number of thioether (sulfide) groups is 1. The number of pyridine rings is 1. The Morgan fingerprint density at radius 1 is 1.57 bits per heavy atom. The standard InChI is InChI=1S/C14H23N3O2S2/c1-4-15-11(2)12-6-5-7-16-14(12)17-8-9-20-10-13(17)21(3,18)19/h5-7,11,13,15H,4,8-10H2,1-3H3. The van der Waals surface area contributed by atoms with Crippen LogP contribution in [0.25, 0.3) is 0 Å². The lowest BCUT2D eigenvalue weighted by molar-refractivity contribution is 0.576. The summed E-state index contributed by atoms with van der Waals surface area (Å²) in [6.07, 6.45) is 3.05. The molecule has 1 aliphatic heterocycles. The molecule has 21 heavy (non-hydrogen) atoms. The monoisotopic (exact) mass is 329 g/mol. The highest BCUT2D eigenvalue weighted by Crippen LogP contribution is 2.30. The van der Waals surface area contributed by atoms with Gasteiger partial charge in [-0.2, -0.15) is 11.8 Å². The van der Waals surface area contributed by atoms with Crippen molar-refractivity contribution in [2.24, 2.45) is 0 Å². The van der Waals surface area contributed by atoms with E-state index in [2.05, 4.69) is 24.1 Å². The summed E-state index contributed by atoms with van der Waals surface area (Å²) in [5, 5.41) is 2.89. The third-order valence-corrected chi connectivity index (χ3v) is 6.29.